The van der Waals surface area contributed by atoms with Crippen molar-refractivity contribution < 1.29 is 12.9 Å². The van der Waals surface area contributed by atoms with Crippen molar-refractivity contribution in [2.75, 3.05) is 0 Å². The Balaban J connectivity index is 2.37. The zero-order chi connectivity index (χ0) is 10.9. The van der Waals surface area contributed by atoms with E-state index in [-0.39, 0.29) is 0 Å². The largest absolute Gasteiger partial charge is 0.512 e. The highest BCUT2D eigenvalue weighted by Gasteiger charge is 2.27. The average molecular weight is 212 g/mol. The molecule has 0 aliphatic carbocycles. The van der Waals surface area contributed by atoms with Gasteiger partial charge < -0.3 is 12.9 Å². The summed E-state index contributed by atoms with van der Waals surface area (Å²) in [5.74, 6) is 0. The summed E-state index contributed by atoms with van der Waals surface area (Å²) >= 11 is 0. The third-order valence-electron chi connectivity index (χ3n) is 1.91. The number of nitrogens with zero attached hydrogens (tertiary/aromatic N) is 3. The predicted molar refractivity (Wildman–Crippen MR) is 50.1 cm³/mol. The van der Waals surface area contributed by atoms with Gasteiger partial charge in [-0.25, -0.2) is 4.68 Å². The molecule has 2 rings (SSSR count). The summed E-state index contributed by atoms with van der Waals surface area (Å²) < 4.78 is 38.1. The van der Waals surface area contributed by atoms with Crippen LogP contribution in [0, 0.1) is 0 Å². The normalized spacial score (nSPS) is 11.7. The summed E-state index contributed by atoms with van der Waals surface area (Å²) in [7, 11) is 0. The molecule has 0 aliphatic heterocycles. The minimum atomic E-state index is -4.98. The molecule has 0 spiro atoms. The minimum Gasteiger partial charge on any atom is -0.445 e. The van der Waals surface area contributed by atoms with Gasteiger partial charge in [0.2, 0.25) is 0 Å². The first-order chi connectivity index (χ1) is 7.07. The molecule has 0 saturated heterocycles. The van der Waals surface area contributed by atoms with Crippen LogP contribution >= 0.6 is 0 Å². The Bertz CT molecular complexity index is 452. The van der Waals surface area contributed by atoms with E-state index in [2.05, 4.69) is 10.1 Å². The second-order valence-corrected chi connectivity index (χ2v) is 3.00. The first-order valence-corrected chi connectivity index (χ1v) is 4.22. The fourth-order valence-corrected chi connectivity index (χ4v) is 1.14. The maximum atomic E-state index is 12.3. The second kappa shape index (κ2) is 3.41. The summed E-state index contributed by atoms with van der Waals surface area (Å²) in [5, 5.41) is 3.64. The van der Waals surface area contributed by atoms with Gasteiger partial charge >= 0.3 is 6.98 Å². The number of halogens is 3. The molecular weight excluding hydrogens is 206 g/mol. The van der Waals surface area contributed by atoms with Gasteiger partial charge in [0.15, 0.2) is 0 Å². The summed E-state index contributed by atoms with van der Waals surface area (Å²) in [6, 6.07) is 3.17. The second-order valence-electron chi connectivity index (χ2n) is 3.00. The Labute approximate surface area is 83.6 Å². The lowest BCUT2D eigenvalue weighted by atomic mass is 9.83. The van der Waals surface area contributed by atoms with Crippen LogP contribution in [0.2, 0.25) is 0 Å². The number of aromatic nitrogens is 3. The van der Waals surface area contributed by atoms with E-state index in [0.717, 1.165) is 12.4 Å². The van der Waals surface area contributed by atoms with Gasteiger partial charge in [0.05, 0.1) is 5.69 Å². The molecule has 0 bridgehead atoms. The van der Waals surface area contributed by atoms with E-state index in [0.29, 0.717) is 5.69 Å². The lowest BCUT2D eigenvalue weighted by Crippen LogP contribution is -2.32. The molecule has 2 heterocycles. The smallest absolute Gasteiger partial charge is 0.445 e. The fraction of sp³-hybridized carbons (Fsp3) is 0. The zero-order valence-electron chi connectivity index (χ0n) is 7.52. The minimum absolute atomic E-state index is 0.552. The van der Waals surface area contributed by atoms with Crippen molar-refractivity contribution in [2.45, 2.75) is 0 Å². The van der Waals surface area contributed by atoms with Gasteiger partial charge in [-0.2, -0.15) is 5.10 Å². The lowest BCUT2D eigenvalue weighted by molar-refractivity contribution is 0.501. The number of rotatable bonds is 2. The first kappa shape index (κ1) is 9.76. The fourth-order valence-electron chi connectivity index (χ4n) is 1.14. The molecule has 0 radical (unpaired) electrons. The van der Waals surface area contributed by atoms with Crippen LogP contribution in [-0.4, -0.2) is 21.7 Å². The Kier molecular flexibility index (Phi) is 2.22. The van der Waals surface area contributed by atoms with E-state index in [1.807, 2.05) is 0 Å². The molecule has 0 aromatic carbocycles. The van der Waals surface area contributed by atoms with Crippen molar-refractivity contribution in [3.05, 3.63) is 36.9 Å². The van der Waals surface area contributed by atoms with Crippen LogP contribution in [-0.2, 0) is 0 Å². The quantitative estimate of drug-likeness (QED) is 0.702. The number of hydrogen-bond acceptors (Lipinski definition) is 2. The maximum Gasteiger partial charge on any atom is 0.512 e. The van der Waals surface area contributed by atoms with Gasteiger partial charge in [0.25, 0.3) is 0 Å². The molecule has 3 nitrogen and oxygen atoms in total. The van der Waals surface area contributed by atoms with E-state index in [1.165, 1.54) is 17.1 Å². The molecule has 0 N–H and O–H groups in total. The highest BCUT2D eigenvalue weighted by molar-refractivity contribution is 6.73. The maximum absolute atomic E-state index is 12.3. The SMILES string of the molecule is F[B-](F)(F)c1cnn(-c2ccncc2)c1. The summed E-state index contributed by atoms with van der Waals surface area (Å²) in [5.41, 5.74) is -0.150. The lowest BCUT2D eigenvalue weighted by Gasteiger charge is -2.09. The molecule has 7 heteroatoms. The van der Waals surface area contributed by atoms with Crippen molar-refractivity contribution in [1.29, 1.82) is 0 Å². The summed E-state index contributed by atoms with van der Waals surface area (Å²) in [4.78, 5) is 3.77. The van der Waals surface area contributed by atoms with Gasteiger partial charge in [-0.05, 0) is 12.1 Å². The predicted octanol–water partition coefficient (Wildman–Crippen LogP) is 1.32. The van der Waals surface area contributed by atoms with E-state index >= 15 is 0 Å². The van der Waals surface area contributed by atoms with Crippen molar-refractivity contribution in [2.24, 2.45) is 0 Å². The zero-order valence-corrected chi connectivity index (χ0v) is 7.52. The van der Waals surface area contributed by atoms with Crippen LogP contribution in [0.4, 0.5) is 12.9 Å². The highest BCUT2D eigenvalue weighted by Crippen LogP contribution is 2.09. The van der Waals surface area contributed by atoms with Crippen LogP contribution in [0.5, 0.6) is 0 Å². The molecule has 0 saturated carbocycles. The van der Waals surface area contributed by atoms with Crippen molar-refractivity contribution >= 4 is 12.4 Å². The Morgan fingerprint density at radius 1 is 1.13 bits per heavy atom. The first-order valence-electron chi connectivity index (χ1n) is 4.22. The van der Waals surface area contributed by atoms with Crippen molar-refractivity contribution in [3.8, 4) is 5.69 Å². The van der Waals surface area contributed by atoms with Crippen LogP contribution in [0.15, 0.2) is 36.9 Å². The molecule has 0 atom stereocenters. The summed E-state index contributed by atoms with van der Waals surface area (Å²) in [6.45, 7) is -4.98. The Morgan fingerprint density at radius 2 is 1.80 bits per heavy atom. The van der Waals surface area contributed by atoms with Crippen LogP contribution in [0.1, 0.15) is 0 Å². The van der Waals surface area contributed by atoms with Crippen LogP contribution < -0.4 is 5.46 Å². The standard InChI is InChI=1S/C8H6BF3N3/c10-9(11,12)7-5-14-15(6-7)8-1-3-13-4-2-8/h1-6H/q-1. The van der Waals surface area contributed by atoms with Crippen LogP contribution in [0.25, 0.3) is 5.69 Å². The van der Waals surface area contributed by atoms with Gasteiger partial charge in [0, 0.05) is 24.8 Å². The van der Waals surface area contributed by atoms with E-state index < -0.39 is 12.4 Å². The van der Waals surface area contributed by atoms with Gasteiger partial charge in [-0.15, -0.1) is 0 Å². The third-order valence-corrected chi connectivity index (χ3v) is 1.91. The van der Waals surface area contributed by atoms with E-state index in [1.54, 1.807) is 12.1 Å². The number of pyridine rings is 1. The Morgan fingerprint density at radius 3 is 2.33 bits per heavy atom. The van der Waals surface area contributed by atoms with Gasteiger partial charge in [0.1, 0.15) is 0 Å². The highest BCUT2D eigenvalue weighted by atomic mass is 19.4. The Hall–Kier alpha value is -1.79. The molecule has 78 valence electrons. The molecule has 15 heavy (non-hydrogen) atoms. The molecule has 0 aliphatic rings. The molecule has 0 fully saturated rings. The van der Waals surface area contributed by atoms with Crippen molar-refractivity contribution in [3.63, 3.8) is 0 Å². The molecule has 0 unspecified atom stereocenters. The molecule has 0 amide bonds. The van der Waals surface area contributed by atoms with E-state index in [9.17, 15) is 12.9 Å². The molecule has 2 aromatic rings. The molecular formula is C8H6BF3N3-. The van der Waals surface area contributed by atoms with Gasteiger partial charge in [-0.3, -0.25) is 4.98 Å². The third kappa shape index (κ3) is 2.00. The van der Waals surface area contributed by atoms with E-state index in [4.69, 9.17) is 0 Å². The van der Waals surface area contributed by atoms with Crippen molar-refractivity contribution in [1.82, 2.24) is 14.8 Å². The molecule has 2 aromatic heterocycles. The number of hydrogen-bond donors (Lipinski definition) is 0. The monoisotopic (exact) mass is 212 g/mol. The van der Waals surface area contributed by atoms with Crippen LogP contribution in [0.3, 0.4) is 0 Å². The van der Waals surface area contributed by atoms with Gasteiger partial charge in [-0.1, -0.05) is 5.46 Å². The average Bonchev–Trinajstić information content (AvgIpc) is 2.67. The summed E-state index contributed by atoms with van der Waals surface area (Å²) in [6.07, 6.45) is 4.78. The topological polar surface area (TPSA) is 30.7 Å².